The van der Waals surface area contributed by atoms with Crippen LogP contribution in [0, 0.1) is 18.3 Å². The van der Waals surface area contributed by atoms with E-state index in [1.54, 1.807) is 14.2 Å². The zero-order valence-corrected chi connectivity index (χ0v) is 10.1. The van der Waals surface area contributed by atoms with Crippen LogP contribution in [0.1, 0.15) is 5.56 Å². The van der Waals surface area contributed by atoms with E-state index in [1.807, 2.05) is 31.0 Å². The Morgan fingerprint density at radius 1 is 1.31 bits per heavy atom. The van der Waals surface area contributed by atoms with Gasteiger partial charge in [0.1, 0.15) is 18.0 Å². The number of methoxy groups -OCH3 is 2. The van der Waals surface area contributed by atoms with Gasteiger partial charge < -0.3 is 14.4 Å². The molecule has 0 fully saturated rings. The van der Waals surface area contributed by atoms with E-state index < -0.39 is 0 Å². The van der Waals surface area contributed by atoms with E-state index in [-0.39, 0.29) is 0 Å². The molecule has 0 saturated heterocycles. The molecule has 0 heterocycles. The largest absolute Gasteiger partial charge is 0.497 e. The first-order valence-corrected chi connectivity index (χ1v) is 4.94. The Morgan fingerprint density at radius 3 is 2.50 bits per heavy atom. The molecule has 0 amide bonds. The van der Waals surface area contributed by atoms with Gasteiger partial charge in [0.05, 0.1) is 26.0 Å². The number of rotatable bonds is 4. The highest BCUT2D eigenvalue weighted by Gasteiger charge is 2.13. The van der Waals surface area contributed by atoms with Crippen molar-refractivity contribution >= 4 is 5.69 Å². The van der Waals surface area contributed by atoms with Crippen LogP contribution in [0.3, 0.4) is 0 Å². The van der Waals surface area contributed by atoms with Crippen LogP contribution in [0.25, 0.3) is 0 Å². The van der Waals surface area contributed by atoms with Crippen molar-refractivity contribution in [1.29, 1.82) is 5.26 Å². The van der Waals surface area contributed by atoms with Crippen molar-refractivity contribution < 1.29 is 9.47 Å². The quantitative estimate of drug-likeness (QED) is 0.728. The summed E-state index contributed by atoms with van der Waals surface area (Å²) in [7, 11) is 5.09. The van der Waals surface area contributed by atoms with Gasteiger partial charge in [-0.1, -0.05) is 0 Å². The van der Waals surface area contributed by atoms with Crippen LogP contribution < -0.4 is 14.4 Å². The lowest BCUT2D eigenvalue weighted by molar-refractivity contribution is 0.394. The van der Waals surface area contributed by atoms with Crippen LogP contribution in [0.5, 0.6) is 11.5 Å². The number of hydrogen-bond donors (Lipinski definition) is 0. The minimum absolute atomic E-state index is 0.323. The number of benzene rings is 1. The summed E-state index contributed by atoms with van der Waals surface area (Å²) in [6.07, 6.45) is 0. The van der Waals surface area contributed by atoms with Crippen LogP contribution in [0.15, 0.2) is 12.1 Å². The lowest BCUT2D eigenvalue weighted by Gasteiger charge is -2.21. The second kappa shape index (κ2) is 5.26. The summed E-state index contributed by atoms with van der Waals surface area (Å²) in [4.78, 5) is 1.85. The van der Waals surface area contributed by atoms with Gasteiger partial charge in [-0.05, 0) is 18.6 Å². The Bertz CT molecular complexity index is 410. The second-order valence-electron chi connectivity index (χ2n) is 3.51. The normalized spacial score (nSPS) is 9.44. The number of anilines is 1. The molecule has 0 atom stereocenters. The average Bonchev–Trinajstić information content (AvgIpc) is 2.27. The SMILES string of the molecule is COc1cc(C)c(N(C)CC#N)c(OC)c1. The fraction of sp³-hybridized carbons (Fsp3) is 0.417. The highest BCUT2D eigenvalue weighted by molar-refractivity contribution is 5.66. The maximum atomic E-state index is 8.70. The molecule has 4 heteroatoms. The maximum Gasteiger partial charge on any atom is 0.146 e. The second-order valence-corrected chi connectivity index (χ2v) is 3.51. The molecule has 0 N–H and O–H groups in total. The van der Waals surface area contributed by atoms with Crippen molar-refractivity contribution in [2.45, 2.75) is 6.92 Å². The van der Waals surface area contributed by atoms with E-state index in [2.05, 4.69) is 6.07 Å². The van der Waals surface area contributed by atoms with Crippen molar-refractivity contribution in [3.05, 3.63) is 17.7 Å². The topological polar surface area (TPSA) is 45.5 Å². The molecule has 0 radical (unpaired) electrons. The Hall–Kier alpha value is -1.89. The van der Waals surface area contributed by atoms with Crippen molar-refractivity contribution in [3.63, 3.8) is 0 Å². The van der Waals surface area contributed by atoms with E-state index in [0.717, 1.165) is 22.7 Å². The summed E-state index contributed by atoms with van der Waals surface area (Å²) in [5.74, 6) is 1.47. The molecule has 0 aliphatic carbocycles. The Kier molecular flexibility index (Phi) is 4.01. The maximum absolute atomic E-state index is 8.70. The highest BCUT2D eigenvalue weighted by Crippen LogP contribution is 2.35. The summed E-state index contributed by atoms with van der Waals surface area (Å²) in [5, 5.41) is 8.70. The first-order valence-electron chi connectivity index (χ1n) is 4.94. The van der Waals surface area contributed by atoms with E-state index in [4.69, 9.17) is 14.7 Å². The third kappa shape index (κ3) is 2.37. The molecule has 0 spiro atoms. The molecule has 0 unspecified atom stereocenters. The first kappa shape index (κ1) is 12.2. The molecular weight excluding hydrogens is 204 g/mol. The first-order chi connectivity index (χ1) is 7.63. The predicted molar refractivity (Wildman–Crippen MR) is 63.2 cm³/mol. The summed E-state index contributed by atoms with van der Waals surface area (Å²) >= 11 is 0. The molecule has 0 aliphatic rings. The van der Waals surface area contributed by atoms with Gasteiger partial charge in [-0.3, -0.25) is 0 Å². The van der Waals surface area contributed by atoms with Crippen LogP contribution in [0.4, 0.5) is 5.69 Å². The van der Waals surface area contributed by atoms with Gasteiger partial charge in [-0.2, -0.15) is 5.26 Å². The Morgan fingerprint density at radius 2 is 2.00 bits per heavy atom. The molecule has 1 rings (SSSR count). The minimum Gasteiger partial charge on any atom is -0.497 e. The van der Waals surface area contributed by atoms with Crippen molar-refractivity contribution in [2.75, 3.05) is 32.7 Å². The summed E-state index contributed by atoms with van der Waals surface area (Å²) in [6.45, 7) is 2.29. The summed E-state index contributed by atoms with van der Waals surface area (Å²) < 4.78 is 10.5. The van der Waals surface area contributed by atoms with Gasteiger partial charge >= 0.3 is 0 Å². The van der Waals surface area contributed by atoms with Gasteiger partial charge in [0.2, 0.25) is 0 Å². The molecule has 4 nitrogen and oxygen atoms in total. The minimum atomic E-state index is 0.323. The highest BCUT2D eigenvalue weighted by atomic mass is 16.5. The van der Waals surface area contributed by atoms with Crippen LogP contribution >= 0.6 is 0 Å². The summed E-state index contributed by atoms with van der Waals surface area (Å²) in [6, 6.07) is 5.85. The van der Waals surface area contributed by atoms with Crippen LogP contribution in [-0.4, -0.2) is 27.8 Å². The van der Waals surface area contributed by atoms with Gasteiger partial charge in [0.15, 0.2) is 0 Å². The zero-order chi connectivity index (χ0) is 12.1. The van der Waals surface area contributed by atoms with E-state index >= 15 is 0 Å². The van der Waals surface area contributed by atoms with Gasteiger partial charge in [0.25, 0.3) is 0 Å². The molecule has 0 saturated carbocycles. The molecule has 0 bridgehead atoms. The third-order valence-corrected chi connectivity index (χ3v) is 2.38. The predicted octanol–water partition coefficient (Wildman–Crippen LogP) is 1.97. The van der Waals surface area contributed by atoms with Crippen molar-refractivity contribution in [3.8, 4) is 17.6 Å². The number of nitrogens with zero attached hydrogens (tertiary/aromatic N) is 2. The standard InChI is InChI=1S/C12H16N2O2/c1-9-7-10(15-3)8-11(16-4)12(9)14(2)6-5-13/h7-8H,6H2,1-4H3. The van der Waals surface area contributed by atoms with Gasteiger partial charge in [-0.15, -0.1) is 0 Å². The van der Waals surface area contributed by atoms with Crippen molar-refractivity contribution in [1.82, 2.24) is 0 Å². The number of nitriles is 1. The van der Waals surface area contributed by atoms with Crippen molar-refractivity contribution in [2.24, 2.45) is 0 Å². The lowest BCUT2D eigenvalue weighted by Crippen LogP contribution is -2.19. The molecule has 1 aromatic rings. The fourth-order valence-corrected chi connectivity index (χ4v) is 1.66. The third-order valence-electron chi connectivity index (χ3n) is 2.38. The van der Waals surface area contributed by atoms with Gasteiger partial charge in [0, 0.05) is 13.1 Å². The molecular formula is C12H16N2O2. The Labute approximate surface area is 96.0 Å². The van der Waals surface area contributed by atoms with E-state index in [0.29, 0.717) is 6.54 Å². The lowest BCUT2D eigenvalue weighted by atomic mass is 10.1. The van der Waals surface area contributed by atoms with Crippen LogP contribution in [-0.2, 0) is 0 Å². The molecule has 86 valence electrons. The fourth-order valence-electron chi connectivity index (χ4n) is 1.66. The molecule has 16 heavy (non-hydrogen) atoms. The zero-order valence-electron chi connectivity index (χ0n) is 10.1. The van der Waals surface area contributed by atoms with Crippen LogP contribution in [0.2, 0.25) is 0 Å². The summed E-state index contributed by atoms with van der Waals surface area (Å²) in [5.41, 5.74) is 1.94. The number of hydrogen-bond acceptors (Lipinski definition) is 4. The number of aryl methyl sites for hydroxylation is 1. The van der Waals surface area contributed by atoms with E-state index in [1.165, 1.54) is 0 Å². The smallest absolute Gasteiger partial charge is 0.146 e. The molecule has 0 aromatic heterocycles. The number of ether oxygens (including phenoxy) is 2. The molecule has 1 aromatic carbocycles. The Balaban J connectivity index is 3.22. The monoisotopic (exact) mass is 220 g/mol. The van der Waals surface area contributed by atoms with Gasteiger partial charge in [-0.25, -0.2) is 0 Å². The molecule has 0 aliphatic heterocycles. The average molecular weight is 220 g/mol. The van der Waals surface area contributed by atoms with E-state index in [9.17, 15) is 0 Å².